The van der Waals surface area contributed by atoms with E-state index in [4.69, 9.17) is 23.2 Å². The molecule has 0 unspecified atom stereocenters. The summed E-state index contributed by atoms with van der Waals surface area (Å²) in [5.74, 6) is -0.185. The van der Waals surface area contributed by atoms with Crippen LogP contribution in [0.15, 0.2) is 29.4 Å². The topological polar surface area (TPSA) is 41.5 Å². The maximum Gasteiger partial charge on any atom is 0.281 e. The molecule has 0 bridgehead atoms. The summed E-state index contributed by atoms with van der Waals surface area (Å²) >= 11 is 13.4. The van der Waals surface area contributed by atoms with Crippen LogP contribution in [-0.2, 0) is 12.8 Å². The Hall–Kier alpha value is -1.36. The van der Waals surface area contributed by atoms with Gasteiger partial charge in [0.05, 0.1) is 16.1 Å². The molecule has 1 heterocycles. The van der Waals surface area contributed by atoms with Crippen LogP contribution >= 0.6 is 34.5 Å². The number of hydrogen-bond acceptors (Lipinski definition) is 3. The first-order valence-electron chi connectivity index (χ1n) is 6.53. The summed E-state index contributed by atoms with van der Waals surface area (Å²) in [5, 5.41) is 5.01. The number of carbonyl (C=O) groups is 1. The van der Waals surface area contributed by atoms with Crippen LogP contribution in [0.5, 0.6) is 0 Å². The Kier molecular flexibility index (Phi) is 4.29. The lowest BCUT2D eigenvalue weighted by Crippen LogP contribution is -2.16. The van der Waals surface area contributed by atoms with Gasteiger partial charge in [0.15, 0.2) is 0 Å². The molecule has 0 aliphatic heterocycles. The molecule has 0 fully saturated rings. The Balaban J connectivity index is 1.66. The molecule has 1 aliphatic carbocycles. The molecule has 2 aromatic rings. The largest absolute Gasteiger partial charge is 0.281 e. The van der Waals surface area contributed by atoms with Crippen molar-refractivity contribution >= 4 is 46.7 Å². The quantitative estimate of drug-likeness (QED) is 0.657. The lowest BCUT2D eigenvalue weighted by Gasteiger charge is -1.99. The van der Waals surface area contributed by atoms with Crippen molar-refractivity contribution in [3.8, 4) is 0 Å². The van der Waals surface area contributed by atoms with E-state index in [1.165, 1.54) is 23.1 Å². The van der Waals surface area contributed by atoms with E-state index in [1.54, 1.807) is 29.5 Å². The molecule has 3 rings (SSSR count). The van der Waals surface area contributed by atoms with Gasteiger partial charge in [0.2, 0.25) is 0 Å². The van der Waals surface area contributed by atoms with Crippen molar-refractivity contribution in [3.05, 3.63) is 55.2 Å². The minimum atomic E-state index is -0.185. The number of aryl methyl sites for hydroxylation is 2. The van der Waals surface area contributed by atoms with Crippen LogP contribution in [0, 0.1) is 0 Å². The monoisotopic (exact) mass is 338 g/mol. The molecule has 108 valence electrons. The van der Waals surface area contributed by atoms with E-state index in [-0.39, 0.29) is 5.91 Å². The average Bonchev–Trinajstić information content (AvgIpc) is 3.02. The van der Waals surface area contributed by atoms with Gasteiger partial charge >= 0.3 is 0 Å². The number of carbonyl (C=O) groups excluding carboxylic acids is 1. The lowest BCUT2D eigenvalue weighted by atomic mass is 10.2. The Morgan fingerprint density at radius 1 is 1.29 bits per heavy atom. The number of hydrazone groups is 1. The number of thiophene rings is 1. The molecule has 6 heteroatoms. The van der Waals surface area contributed by atoms with Gasteiger partial charge in [0.25, 0.3) is 5.91 Å². The third kappa shape index (κ3) is 3.28. The van der Waals surface area contributed by atoms with Gasteiger partial charge < -0.3 is 0 Å². The zero-order valence-electron chi connectivity index (χ0n) is 11.0. The predicted octanol–water partition coefficient (Wildman–Crippen LogP) is 4.31. The molecule has 3 nitrogen and oxygen atoms in total. The van der Waals surface area contributed by atoms with E-state index in [2.05, 4.69) is 10.5 Å². The smallest absolute Gasteiger partial charge is 0.266 e. The molecule has 21 heavy (non-hydrogen) atoms. The summed E-state index contributed by atoms with van der Waals surface area (Å²) in [6.45, 7) is 0. The van der Waals surface area contributed by atoms with E-state index in [1.807, 2.05) is 6.07 Å². The van der Waals surface area contributed by atoms with Gasteiger partial charge in [0, 0.05) is 15.5 Å². The summed E-state index contributed by atoms with van der Waals surface area (Å²) in [6, 6.07) is 7.07. The molecule has 1 amide bonds. The summed E-state index contributed by atoms with van der Waals surface area (Å²) in [4.78, 5) is 14.0. The Morgan fingerprint density at radius 2 is 2.14 bits per heavy atom. The highest BCUT2D eigenvalue weighted by molar-refractivity contribution is 7.14. The fraction of sp³-hybridized carbons (Fsp3) is 0.200. The number of halogens is 2. The van der Waals surface area contributed by atoms with Crippen molar-refractivity contribution in [1.82, 2.24) is 5.43 Å². The molecule has 0 spiro atoms. The summed E-state index contributed by atoms with van der Waals surface area (Å²) in [7, 11) is 0. The van der Waals surface area contributed by atoms with Crippen LogP contribution in [0.1, 0.15) is 32.1 Å². The minimum absolute atomic E-state index is 0.185. The Bertz CT molecular complexity index is 703. The molecule has 1 aliphatic rings. The number of rotatable bonds is 3. The van der Waals surface area contributed by atoms with Gasteiger partial charge in [-0.05, 0) is 43.0 Å². The Morgan fingerprint density at radius 3 is 2.90 bits per heavy atom. The molecule has 0 saturated heterocycles. The molecular formula is C15H12Cl2N2OS. The molecule has 1 N–H and O–H groups in total. The van der Waals surface area contributed by atoms with E-state index in [0.29, 0.717) is 20.5 Å². The second-order valence-corrected chi connectivity index (χ2v) is 6.76. The summed E-state index contributed by atoms with van der Waals surface area (Å²) in [5.41, 5.74) is 4.53. The second kappa shape index (κ2) is 6.18. The molecular weight excluding hydrogens is 327 g/mol. The highest BCUT2D eigenvalue weighted by Crippen LogP contribution is 2.30. The molecule has 0 radical (unpaired) electrons. The third-order valence-corrected chi connectivity index (χ3v) is 5.10. The minimum Gasteiger partial charge on any atom is -0.266 e. The lowest BCUT2D eigenvalue weighted by molar-refractivity contribution is 0.0959. The van der Waals surface area contributed by atoms with Crippen LogP contribution in [0.4, 0.5) is 0 Å². The van der Waals surface area contributed by atoms with E-state index < -0.39 is 0 Å². The van der Waals surface area contributed by atoms with Crippen LogP contribution in [0.25, 0.3) is 0 Å². The summed E-state index contributed by atoms with van der Waals surface area (Å²) in [6.07, 6.45) is 4.85. The van der Waals surface area contributed by atoms with Gasteiger partial charge in [-0.3, -0.25) is 4.79 Å². The van der Waals surface area contributed by atoms with Crippen LogP contribution in [-0.4, -0.2) is 12.1 Å². The normalized spacial score (nSPS) is 13.6. The first-order chi connectivity index (χ1) is 10.1. The zero-order chi connectivity index (χ0) is 14.8. The molecule has 1 aromatic heterocycles. The summed E-state index contributed by atoms with van der Waals surface area (Å²) < 4.78 is 0. The van der Waals surface area contributed by atoms with Gasteiger partial charge in [-0.2, -0.15) is 5.10 Å². The number of amides is 1. The number of benzene rings is 1. The standard InChI is InChI=1S/C15H12Cl2N2OS/c16-11-5-4-10(12(17)7-11)8-18-19-15(20)14-6-9-2-1-3-13(9)21-14/h4-8H,1-3H2,(H,19,20)/b18-8-. The number of fused-ring (bicyclic) bond motifs is 1. The van der Waals surface area contributed by atoms with Gasteiger partial charge in [-0.1, -0.05) is 29.3 Å². The fourth-order valence-electron chi connectivity index (χ4n) is 2.26. The number of hydrogen-bond donors (Lipinski definition) is 1. The average molecular weight is 339 g/mol. The van der Waals surface area contributed by atoms with Gasteiger partial charge in [0.1, 0.15) is 0 Å². The molecule has 0 saturated carbocycles. The SMILES string of the molecule is O=C(N/N=C\c1ccc(Cl)cc1Cl)c1cc2c(s1)CCC2. The zero-order valence-corrected chi connectivity index (χ0v) is 13.4. The van der Waals surface area contributed by atoms with Gasteiger partial charge in [-0.25, -0.2) is 5.43 Å². The van der Waals surface area contributed by atoms with Crippen molar-refractivity contribution < 1.29 is 4.79 Å². The Labute approximate surface area is 136 Å². The number of nitrogens with one attached hydrogen (secondary N) is 1. The first-order valence-corrected chi connectivity index (χ1v) is 8.11. The molecule has 1 aromatic carbocycles. The maximum atomic E-state index is 12.0. The van der Waals surface area contributed by atoms with Crippen molar-refractivity contribution in [2.45, 2.75) is 19.3 Å². The highest BCUT2D eigenvalue weighted by Gasteiger charge is 2.18. The third-order valence-electron chi connectivity index (χ3n) is 3.30. The van der Waals surface area contributed by atoms with E-state index >= 15 is 0 Å². The van der Waals surface area contributed by atoms with E-state index in [0.717, 1.165) is 12.8 Å². The van der Waals surface area contributed by atoms with Crippen molar-refractivity contribution in [2.24, 2.45) is 5.10 Å². The van der Waals surface area contributed by atoms with Crippen molar-refractivity contribution in [3.63, 3.8) is 0 Å². The van der Waals surface area contributed by atoms with Crippen LogP contribution in [0.3, 0.4) is 0 Å². The number of nitrogens with zero attached hydrogens (tertiary/aromatic N) is 1. The highest BCUT2D eigenvalue weighted by atomic mass is 35.5. The van der Waals surface area contributed by atoms with E-state index in [9.17, 15) is 4.79 Å². The molecule has 0 atom stereocenters. The fourth-order valence-corrected chi connectivity index (χ4v) is 3.86. The predicted molar refractivity (Wildman–Crippen MR) is 87.9 cm³/mol. The van der Waals surface area contributed by atoms with Crippen LogP contribution in [0.2, 0.25) is 10.0 Å². The van der Waals surface area contributed by atoms with Crippen LogP contribution < -0.4 is 5.43 Å². The van der Waals surface area contributed by atoms with Gasteiger partial charge in [-0.15, -0.1) is 11.3 Å². The van der Waals surface area contributed by atoms with Crippen molar-refractivity contribution in [1.29, 1.82) is 0 Å². The van der Waals surface area contributed by atoms with Crippen molar-refractivity contribution in [2.75, 3.05) is 0 Å². The maximum absolute atomic E-state index is 12.0. The first kappa shape index (κ1) is 14.6. The second-order valence-electron chi connectivity index (χ2n) is 4.78.